The summed E-state index contributed by atoms with van der Waals surface area (Å²) >= 11 is 0. The molecule has 0 aliphatic carbocycles. The summed E-state index contributed by atoms with van der Waals surface area (Å²) in [7, 11) is 0. The highest BCUT2D eigenvalue weighted by Gasteiger charge is 2.33. The van der Waals surface area contributed by atoms with E-state index in [0.717, 1.165) is 24.7 Å². The fraction of sp³-hybridized carbons (Fsp3) is 0.111. The topological polar surface area (TPSA) is 106 Å². The molecule has 3 aromatic rings. The van der Waals surface area contributed by atoms with E-state index in [-0.39, 0.29) is 35.0 Å². The minimum absolute atomic E-state index is 0.0138. The van der Waals surface area contributed by atoms with Crippen LogP contribution in [0.2, 0.25) is 0 Å². The maximum absolute atomic E-state index is 13.1. The van der Waals surface area contributed by atoms with Gasteiger partial charge >= 0.3 is 6.18 Å². The number of rotatable bonds is 6. The van der Waals surface area contributed by atoms with Crippen LogP contribution in [0.25, 0.3) is 0 Å². The summed E-state index contributed by atoms with van der Waals surface area (Å²) in [5, 5.41) is 5.56. The van der Waals surface area contributed by atoms with E-state index in [1.807, 2.05) is 0 Å². The van der Waals surface area contributed by atoms with Crippen LogP contribution in [0, 0.1) is 5.82 Å². The molecule has 0 unspecified atom stereocenters. The van der Waals surface area contributed by atoms with Gasteiger partial charge < -0.3 is 16.4 Å². The van der Waals surface area contributed by atoms with Crippen LogP contribution in [-0.2, 0) is 12.7 Å². The van der Waals surface area contributed by atoms with Gasteiger partial charge in [0.05, 0.1) is 23.0 Å². The van der Waals surface area contributed by atoms with Gasteiger partial charge in [0, 0.05) is 36.8 Å². The number of hydrogen-bond donors (Lipinski definition) is 3. The first-order chi connectivity index (χ1) is 13.7. The average molecular weight is 406 g/mol. The van der Waals surface area contributed by atoms with Gasteiger partial charge in [-0.2, -0.15) is 13.2 Å². The zero-order chi connectivity index (χ0) is 21.0. The minimum atomic E-state index is -4.55. The first kappa shape index (κ1) is 20.0. The first-order valence-corrected chi connectivity index (χ1v) is 8.16. The van der Waals surface area contributed by atoms with Crippen LogP contribution in [0.15, 0.2) is 49.1 Å². The molecule has 0 saturated carbocycles. The fourth-order valence-electron chi connectivity index (χ4n) is 2.48. The number of pyridine rings is 3. The lowest BCUT2D eigenvalue weighted by Gasteiger charge is -2.15. The third kappa shape index (κ3) is 4.94. The molecule has 29 heavy (non-hydrogen) atoms. The lowest BCUT2D eigenvalue weighted by molar-refractivity contribution is -0.138. The van der Waals surface area contributed by atoms with E-state index in [1.54, 1.807) is 0 Å². The Morgan fingerprint density at radius 2 is 1.83 bits per heavy atom. The number of aromatic nitrogens is 3. The number of halogens is 4. The van der Waals surface area contributed by atoms with Crippen LogP contribution >= 0.6 is 0 Å². The van der Waals surface area contributed by atoms with Crippen molar-refractivity contribution in [3.8, 4) is 0 Å². The van der Waals surface area contributed by atoms with Crippen LogP contribution < -0.4 is 16.4 Å². The van der Waals surface area contributed by atoms with Gasteiger partial charge in [-0.1, -0.05) is 0 Å². The van der Waals surface area contributed by atoms with Gasteiger partial charge in [-0.05, 0) is 18.2 Å². The number of primary amides is 1. The normalized spacial score (nSPS) is 11.2. The summed E-state index contributed by atoms with van der Waals surface area (Å²) in [6.07, 6.45) is -0.246. The lowest BCUT2D eigenvalue weighted by atomic mass is 10.1. The van der Waals surface area contributed by atoms with Gasteiger partial charge in [0.2, 0.25) is 0 Å². The summed E-state index contributed by atoms with van der Waals surface area (Å²) < 4.78 is 52.4. The van der Waals surface area contributed by atoms with E-state index < -0.39 is 23.5 Å². The Kier molecular flexibility index (Phi) is 5.57. The number of nitrogens with two attached hydrogens (primary N) is 1. The molecule has 0 aliphatic heterocycles. The molecule has 0 bridgehead atoms. The summed E-state index contributed by atoms with van der Waals surface area (Å²) in [5.74, 6) is -0.831. The van der Waals surface area contributed by atoms with E-state index in [9.17, 15) is 22.4 Å². The van der Waals surface area contributed by atoms with Crippen molar-refractivity contribution in [3.63, 3.8) is 0 Å². The first-order valence-electron chi connectivity index (χ1n) is 8.16. The van der Waals surface area contributed by atoms with Crippen molar-refractivity contribution in [2.45, 2.75) is 12.7 Å². The molecule has 0 atom stereocenters. The van der Waals surface area contributed by atoms with Crippen molar-refractivity contribution in [1.82, 2.24) is 15.0 Å². The molecule has 0 aromatic carbocycles. The molecule has 11 heteroatoms. The Hall–Kier alpha value is -3.76. The molecule has 1 amide bonds. The van der Waals surface area contributed by atoms with Gasteiger partial charge in [-0.3, -0.25) is 9.78 Å². The van der Waals surface area contributed by atoms with Crippen molar-refractivity contribution in [1.29, 1.82) is 0 Å². The highest BCUT2D eigenvalue weighted by molar-refractivity contribution is 5.98. The highest BCUT2D eigenvalue weighted by Crippen LogP contribution is 2.32. The second-order valence-electron chi connectivity index (χ2n) is 5.85. The molecule has 3 heterocycles. The van der Waals surface area contributed by atoms with Crippen molar-refractivity contribution in [3.05, 3.63) is 71.6 Å². The number of nitrogens with one attached hydrogen (secondary N) is 2. The number of nitrogens with zero attached hydrogens (tertiary/aromatic N) is 3. The average Bonchev–Trinajstić information content (AvgIpc) is 2.67. The molecular weight excluding hydrogens is 392 g/mol. The number of hydrogen-bond acceptors (Lipinski definition) is 6. The van der Waals surface area contributed by atoms with Gasteiger partial charge in [0.15, 0.2) is 0 Å². The Morgan fingerprint density at radius 3 is 2.48 bits per heavy atom. The summed E-state index contributed by atoms with van der Waals surface area (Å²) in [4.78, 5) is 23.2. The number of carbonyl (C=O) groups excluding carboxylic acids is 1. The van der Waals surface area contributed by atoms with Crippen LogP contribution in [0.4, 0.5) is 34.9 Å². The molecule has 0 aliphatic rings. The number of alkyl halides is 3. The zero-order valence-corrected chi connectivity index (χ0v) is 14.7. The molecule has 4 N–H and O–H groups in total. The van der Waals surface area contributed by atoms with E-state index >= 15 is 0 Å². The molecular formula is C18H14F4N6O. The molecule has 0 radical (unpaired) electrons. The fourth-order valence-corrected chi connectivity index (χ4v) is 2.48. The third-order valence-corrected chi connectivity index (χ3v) is 3.83. The second-order valence-corrected chi connectivity index (χ2v) is 5.85. The Morgan fingerprint density at radius 1 is 1.07 bits per heavy atom. The molecule has 150 valence electrons. The number of anilines is 3. The minimum Gasteiger partial charge on any atom is -0.380 e. The molecule has 0 spiro atoms. The van der Waals surface area contributed by atoms with Gasteiger partial charge in [0.25, 0.3) is 5.91 Å². The monoisotopic (exact) mass is 406 g/mol. The Balaban J connectivity index is 1.86. The van der Waals surface area contributed by atoms with E-state index in [0.29, 0.717) is 0 Å². The smallest absolute Gasteiger partial charge is 0.380 e. The van der Waals surface area contributed by atoms with Gasteiger partial charge in [-0.15, -0.1) is 0 Å². The largest absolute Gasteiger partial charge is 0.416 e. The number of carbonyl (C=O) groups is 1. The van der Waals surface area contributed by atoms with Crippen LogP contribution in [-0.4, -0.2) is 20.9 Å². The van der Waals surface area contributed by atoms with Crippen LogP contribution in [0.3, 0.4) is 0 Å². The maximum Gasteiger partial charge on any atom is 0.416 e. The quantitative estimate of drug-likeness (QED) is 0.541. The molecule has 0 fully saturated rings. The maximum atomic E-state index is 13.1. The van der Waals surface area contributed by atoms with Crippen LogP contribution in [0.1, 0.15) is 21.5 Å². The summed E-state index contributed by atoms with van der Waals surface area (Å²) in [6.45, 7) is -0.263. The summed E-state index contributed by atoms with van der Waals surface area (Å²) in [6, 6.07) is 4.81. The Bertz CT molecular complexity index is 1020. The van der Waals surface area contributed by atoms with E-state index in [4.69, 9.17) is 5.73 Å². The highest BCUT2D eigenvalue weighted by atomic mass is 19.4. The predicted octanol–water partition coefficient (Wildman–Crippen LogP) is 3.48. The number of amides is 1. The van der Waals surface area contributed by atoms with Crippen molar-refractivity contribution in [2.24, 2.45) is 5.73 Å². The molecule has 3 aromatic heterocycles. The van der Waals surface area contributed by atoms with Crippen molar-refractivity contribution in [2.75, 3.05) is 10.6 Å². The van der Waals surface area contributed by atoms with Crippen molar-refractivity contribution < 1.29 is 22.4 Å². The van der Waals surface area contributed by atoms with Crippen molar-refractivity contribution >= 4 is 23.2 Å². The summed E-state index contributed by atoms with van der Waals surface area (Å²) in [5.41, 5.74) is 4.51. The third-order valence-electron chi connectivity index (χ3n) is 3.83. The predicted molar refractivity (Wildman–Crippen MR) is 96.8 cm³/mol. The standard InChI is InChI=1S/C18H14F4N6O/c19-11-1-2-15(26-8-11)28-16-5-14(12(9-27-16)17(23)29)25-7-10-6-24-4-3-13(10)18(20,21)22/h1-6,8-9H,7H2,(H2,23,29)(H2,25,26,27,28). The molecule has 3 rings (SSSR count). The lowest BCUT2D eigenvalue weighted by Crippen LogP contribution is -2.17. The van der Waals surface area contributed by atoms with E-state index in [2.05, 4.69) is 25.6 Å². The molecule has 0 saturated heterocycles. The van der Waals surface area contributed by atoms with Gasteiger partial charge in [0.1, 0.15) is 17.5 Å². The zero-order valence-electron chi connectivity index (χ0n) is 14.7. The second kappa shape index (κ2) is 8.09. The van der Waals surface area contributed by atoms with Crippen LogP contribution in [0.5, 0.6) is 0 Å². The van der Waals surface area contributed by atoms with E-state index in [1.165, 1.54) is 24.4 Å². The Labute approximate surface area is 162 Å². The van der Waals surface area contributed by atoms with Gasteiger partial charge in [-0.25, -0.2) is 14.4 Å². The SMILES string of the molecule is NC(=O)c1cnc(Nc2ccc(F)cn2)cc1NCc1cnccc1C(F)(F)F. The molecule has 7 nitrogen and oxygen atoms in total.